The molecule has 23 heavy (non-hydrogen) atoms. The van der Waals surface area contributed by atoms with Gasteiger partial charge in [-0.05, 0) is 30.9 Å². The van der Waals surface area contributed by atoms with Crippen molar-refractivity contribution in [1.29, 1.82) is 0 Å². The van der Waals surface area contributed by atoms with Crippen molar-refractivity contribution in [3.63, 3.8) is 0 Å². The molecule has 2 unspecified atom stereocenters. The molecule has 0 radical (unpaired) electrons. The Kier molecular flexibility index (Phi) is 6.15. The first-order chi connectivity index (χ1) is 10.9. The predicted octanol–water partition coefficient (Wildman–Crippen LogP) is 0.941. The van der Waals surface area contributed by atoms with Gasteiger partial charge in [0, 0.05) is 32.1 Å². The van der Waals surface area contributed by atoms with E-state index in [-0.39, 0.29) is 29.8 Å². The number of likely N-dealkylation sites (tertiary alicyclic amines) is 1. The lowest BCUT2D eigenvalue weighted by Crippen LogP contribution is -2.49. The highest BCUT2D eigenvalue weighted by molar-refractivity contribution is 7.89. The lowest BCUT2D eigenvalue weighted by molar-refractivity contribution is -0.135. The quantitative estimate of drug-likeness (QED) is 0.807. The van der Waals surface area contributed by atoms with Gasteiger partial charge in [0.2, 0.25) is 15.9 Å². The highest BCUT2D eigenvalue weighted by Gasteiger charge is 2.28. The monoisotopic (exact) mass is 339 g/mol. The molecule has 1 saturated heterocycles. The molecule has 128 valence electrons. The topological polar surface area (TPSA) is 92.5 Å². The van der Waals surface area contributed by atoms with E-state index in [0.29, 0.717) is 19.0 Å². The summed E-state index contributed by atoms with van der Waals surface area (Å²) in [6.45, 7) is 3.41. The predicted molar refractivity (Wildman–Crippen MR) is 89.2 cm³/mol. The standard InChI is InChI=1S/C16H25N3O3S/c1-13-8-10-19(14(11-13)12-17)16(20)7-9-18-23(21,22)15-5-3-2-4-6-15/h2-6,13-14,18H,7-12,17H2,1H3. The third-order valence-corrected chi connectivity index (χ3v) is 5.73. The number of nitrogens with two attached hydrogens (primary N) is 1. The van der Waals surface area contributed by atoms with Gasteiger partial charge in [0.15, 0.2) is 0 Å². The van der Waals surface area contributed by atoms with Crippen molar-refractivity contribution in [2.45, 2.75) is 37.1 Å². The van der Waals surface area contributed by atoms with Crippen LogP contribution in [0.4, 0.5) is 0 Å². The van der Waals surface area contributed by atoms with Gasteiger partial charge in [-0.25, -0.2) is 13.1 Å². The van der Waals surface area contributed by atoms with Gasteiger partial charge >= 0.3 is 0 Å². The normalized spacial score (nSPS) is 22.1. The molecule has 0 saturated carbocycles. The van der Waals surface area contributed by atoms with Crippen molar-refractivity contribution in [2.24, 2.45) is 11.7 Å². The molecule has 7 heteroatoms. The number of amides is 1. The average molecular weight is 339 g/mol. The molecule has 1 aliphatic rings. The number of sulfonamides is 1. The fraction of sp³-hybridized carbons (Fsp3) is 0.562. The SMILES string of the molecule is CC1CCN(C(=O)CCNS(=O)(=O)c2ccccc2)C(CN)C1. The zero-order chi connectivity index (χ0) is 16.9. The van der Waals surface area contributed by atoms with Crippen molar-refractivity contribution in [1.82, 2.24) is 9.62 Å². The van der Waals surface area contributed by atoms with E-state index < -0.39 is 10.0 Å². The van der Waals surface area contributed by atoms with Crippen LogP contribution >= 0.6 is 0 Å². The number of rotatable bonds is 6. The van der Waals surface area contributed by atoms with Gasteiger partial charge in [0.05, 0.1) is 4.90 Å². The summed E-state index contributed by atoms with van der Waals surface area (Å²) in [5.74, 6) is 0.535. The maximum Gasteiger partial charge on any atom is 0.240 e. The van der Waals surface area contributed by atoms with Crippen LogP contribution < -0.4 is 10.5 Å². The Morgan fingerprint density at radius 1 is 1.35 bits per heavy atom. The summed E-state index contributed by atoms with van der Waals surface area (Å²) in [7, 11) is -3.56. The fourth-order valence-electron chi connectivity index (χ4n) is 2.92. The number of nitrogens with zero attached hydrogens (tertiary/aromatic N) is 1. The number of hydrogen-bond acceptors (Lipinski definition) is 4. The minimum absolute atomic E-state index is 0.0388. The van der Waals surface area contributed by atoms with E-state index in [9.17, 15) is 13.2 Å². The van der Waals surface area contributed by atoms with E-state index in [1.807, 2.05) is 0 Å². The Labute approximate surface area is 138 Å². The highest BCUT2D eigenvalue weighted by atomic mass is 32.2. The molecule has 1 amide bonds. The van der Waals surface area contributed by atoms with Crippen LogP contribution in [0.15, 0.2) is 35.2 Å². The van der Waals surface area contributed by atoms with Crippen LogP contribution in [0, 0.1) is 5.92 Å². The average Bonchev–Trinajstić information content (AvgIpc) is 2.55. The van der Waals surface area contributed by atoms with Crippen LogP contribution in [0.5, 0.6) is 0 Å². The summed E-state index contributed by atoms with van der Waals surface area (Å²) in [5.41, 5.74) is 5.76. The first kappa shape index (κ1) is 17.9. The van der Waals surface area contributed by atoms with Gasteiger partial charge < -0.3 is 10.6 Å². The first-order valence-electron chi connectivity index (χ1n) is 7.98. The van der Waals surface area contributed by atoms with Crippen molar-refractivity contribution in [2.75, 3.05) is 19.6 Å². The zero-order valence-corrected chi connectivity index (χ0v) is 14.3. The van der Waals surface area contributed by atoms with Crippen LogP contribution in [-0.4, -0.2) is 44.9 Å². The molecule has 1 aromatic carbocycles. The molecule has 0 spiro atoms. The summed E-state index contributed by atoms with van der Waals surface area (Å²) in [4.78, 5) is 14.3. The second-order valence-corrected chi connectivity index (χ2v) is 7.83. The lowest BCUT2D eigenvalue weighted by atomic mass is 9.92. The van der Waals surface area contributed by atoms with Crippen LogP contribution in [0.3, 0.4) is 0 Å². The van der Waals surface area contributed by atoms with Crippen LogP contribution in [0.25, 0.3) is 0 Å². The minimum Gasteiger partial charge on any atom is -0.338 e. The Morgan fingerprint density at radius 3 is 2.70 bits per heavy atom. The van der Waals surface area contributed by atoms with Crippen molar-refractivity contribution < 1.29 is 13.2 Å². The number of piperidine rings is 1. The molecule has 6 nitrogen and oxygen atoms in total. The van der Waals surface area contributed by atoms with Gasteiger partial charge in [-0.2, -0.15) is 0 Å². The second-order valence-electron chi connectivity index (χ2n) is 6.07. The molecule has 1 heterocycles. The molecule has 0 bridgehead atoms. The summed E-state index contributed by atoms with van der Waals surface area (Å²) in [5, 5.41) is 0. The number of carbonyl (C=O) groups is 1. The summed E-state index contributed by atoms with van der Waals surface area (Å²) >= 11 is 0. The van der Waals surface area contributed by atoms with Crippen molar-refractivity contribution in [3.05, 3.63) is 30.3 Å². The summed E-state index contributed by atoms with van der Waals surface area (Å²) in [6, 6.07) is 8.21. The zero-order valence-electron chi connectivity index (χ0n) is 13.4. The number of carbonyl (C=O) groups excluding carboxylic acids is 1. The lowest BCUT2D eigenvalue weighted by Gasteiger charge is -2.38. The second kappa shape index (κ2) is 7.90. The molecule has 1 aliphatic heterocycles. The Hall–Kier alpha value is -1.44. The minimum atomic E-state index is -3.56. The molecule has 2 rings (SSSR count). The van der Waals surface area contributed by atoms with Gasteiger partial charge in [-0.3, -0.25) is 4.79 Å². The van der Waals surface area contributed by atoms with Gasteiger partial charge in [-0.1, -0.05) is 25.1 Å². The van der Waals surface area contributed by atoms with Gasteiger partial charge in [0.1, 0.15) is 0 Å². The molecular weight excluding hydrogens is 314 g/mol. The van der Waals surface area contributed by atoms with Gasteiger partial charge in [0.25, 0.3) is 0 Å². The highest BCUT2D eigenvalue weighted by Crippen LogP contribution is 2.22. The molecule has 2 atom stereocenters. The Balaban J connectivity index is 1.87. The molecule has 0 aliphatic carbocycles. The smallest absolute Gasteiger partial charge is 0.240 e. The first-order valence-corrected chi connectivity index (χ1v) is 9.46. The molecular formula is C16H25N3O3S. The molecule has 3 N–H and O–H groups in total. The van der Waals surface area contributed by atoms with E-state index >= 15 is 0 Å². The van der Waals surface area contributed by atoms with E-state index in [4.69, 9.17) is 5.73 Å². The maximum absolute atomic E-state index is 12.3. The Bertz CT molecular complexity index is 619. The molecule has 1 fully saturated rings. The largest absolute Gasteiger partial charge is 0.338 e. The van der Waals surface area contributed by atoms with Crippen LogP contribution in [0.1, 0.15) is 26.2 Å². The van der Waals surface area contributed by atoms with Crippen LogP contribution in [0.2, 0.25) is 0 Å². The van der Waals surface area contributed by atoms with Crippen molar-refractivity contribution >= 4 is 15.9 Å². The third kappa shape index (κ3) is 4.76. The van der Waals surface area contributed by atoms with E-state index in [2.05, 4.69) is 11.6 Å². The van der Waals surface area contributed by atoms with E-state index in [1.165, 1.54) is 12.1 Å². The Morgan fingerprint density at radius 2 is 2.04 bits per heavy atom. The van der Waals surface area contributed by atoms with Gasteiger partial charge in [-0.15, -0.1) is 0 Å². The summed E-state index contributed by atoms with van der Waals surface area (Å²) in [6.07, 6.45) is 2.03. The van der Waals surface area contributed by atoms with E-state index in [1.54, 1.807) is 23.1 Å². The van der Waals surface area contributed by atoms with Crippen LogP contribution in [-0.2, 0) is 14.8 Å². The van der Waals surface area contributed by atoms with Crippen molar-refractivity contribution in [3.8, 4) is 0 Å². The maximum atomic E-state index is 12.3. The summed E-state index contributed by atoms with van der Waals surface area (Å²) < 4.78 is 26.7. The number of nitrogens with one attached hydrogen (secondary N) is 1. The third-order valence-electron chi connectivity index (χ3n) is 4.25. The molecule has 0 aromatic heterocycles. The van der Waals surface area contributed by atoms with E-state index in [0.717, 1.165) is 12.8 Å². The number of hydrogen-bond donors (Lipinski definition) is 2. The molecule has 1 aromatic rings. The number of benzene rings is 1. The fourth-order valence-corrected chi connectivity index (χ4v) is 3.98.